The molecular weight excluding hydrogens is 631 g/mol. The molecule has 6 heteroatoms. The van der Waals surface area contributed by atoms with Crippen LogP contribution in [0, 0.1) is 0 Å². The highest BCUT2D eigenvalue weighted by Crippen LogP contribution is 2.43. The molecular formula is C45H31N3O3. The molecule has 0 bridgehead atoms. The fourth-order valence-corrected chi connectivity index (χ4v) is 8.06. The molecule has 3 N–H and O–H groups in total. The van der Waals surface area contributed by atoms with Gasteiger partial charge < -0.3 is 13.3 Å². The normalized spacial score (nSPS) is 18.2. The Morgan fingerprint density at radius 2 is 0.941 bits per heavy atom. The summed E-state index contributed by atoms with van der Waals surface area (Å²) in [4.78, 5) is 0. The van der Waals surface area contributed by atoms with E-state index in [1.165, 1.54) is 0 Å². The van der Waals surface area contributed by atoms with E-state index in [4.69, 9.17) is 13.3 Å². The van der Waals surface area contributed by atoms with Crippen LogP contribution < -0.4 is 16.0 Å². The fraction of sp³-hybridized carbons (Fsp3) is 0.0667. The minimum Gasteiger partial charge on any atom is -0.456 e. The second kappa shape index (κ2) is 11.2. The topological polar surface area (TPSA) is 75.5 Å². The van der Waals surface area contributed by atoms with Gasteiger partial charge in [-0.2, -0.15) is 0 Å². The zero-order valence-corrected chi connectivity index (χ0v) is 27.4. The second-order valence-electron chi connectivity index (χ2n) is 13.3. The van der Waals surface area contributed by atoms with Crippen LogP contribution in [0.25, 0.3) is 76.9 Å². The minimum atomic E-state index is -0.229. The maximum atomic E-state index is 6.99. The van der Waals surface area contributed by atoms with Crippen LogP contribution in [-0.2, 0) is 0 Å². The van der Waals surface area contributed by atoms with Gasteiger partial charge >= 0.3 is 0 Å². The predicted octanol–water partition coefficient (Wildman–Crippen LogP) is 11.2. The van der Waals surface area contributed by atoms with Crippen molar-refractivity contribution in [1.29, 1.82) is 0 Å². The van der Waals surface area contributed by atoms with Crippen molar-refractivity contribution in [2.75, 3.05) is 0 Å². The van der Waals surface area contributed by atoms with Gasteiger partial charge in [-0.25, -0.2) is 0 Å². The van der Waals surface area contributed by atoms with E-state index >= 15 is 0 Å². The van der Waals surface area contributed by atoms with Crippen LogP contribution in [0.1, 0.15) is 35.2 Å². The standard InChI is InChI=1S/C45H31N3O3/c1-2-11-26(12-3-1)43-46-44(27-23-24-38-35(25-27)28-13-4-6-20-36(28)49-38)48-45(47-43)34-19-9-18-32-31-17-8-16-30(41(31)51-42(32)34)29-15-10-22-39-40(29)33-14-5-7-21-37(33)50-39/h1-25,43-48H. The van der Waals surface area contributed by atoms with Gasteiger partial charge in [0.05, 0.1) is 18.5 Å². The third-order valence-corrected chi connectivity index (χ3v) is 10.4. The average Bonchev–Trinajstić information content (AvgIpc) is 3.89. The quantitative estimate of drug-likeness (QED) is 0.174. The Hall–Kier alpha value is -6.18. The van der Waals surface area contributed by atoms with Gasteiger partial charge in [0.2, 0.25) is 0 Å². The zero-order valence-electron chi connectivity index (χ0n) is 27.4. The van der Waals surface area contributed by atoms with Crippen LogP contribution >= 0.6 is 0 Å². The molecule has 1 fully saturated rings. The van der Waals surface area contributed by atoms with Crippen LogP contribution in [0.3, 0.4) is 0 Å². The monoisotopic (exact) mass is 661 g/mol. The molecule has 1 aliphatic rings. The van der Waals surface area contributed by atoms with E-state index in [0.29, 0.717) is 0 Å². The highest BCUT2D eigenvalue weighted by atomic mass is 16.3. The van der Waals surface area contributed by atoms with Crippen LogP contribution in [0.4, 0.5) is 0 Å². The molecule has 0 aliphatic carbocycles. The third-order valence-electron chi connectivity index (χ3n) is 10.4. The second-order valence-corrected chi connectivity index (χ2v) is 13.3. The van der Waals surface area contributed by atoms with E-state index in [2.05, 4.69) is 137 Å². The molecule has 1 saturated heterocycles. The molecule has 51 heavy (non-hydrogen) atoms. The van der Waals surface area contributed by atoms with Crippen LogP contribution in [-0.4, -0.2) is 0 Å². The first-order valence-electron chi connectivity index (χ1n) is 17.4. The SMILES string of the molecule is c1ccc(C2NC(c3ccc4oc5ccccc5c4c3)NC(c3cccc4c3oc3c(-c5cccc6oc7ccccc7c56)cccc34)N2)cc1. The number of fused-ring (bicyclic) bond motifs is 9. The van der Waals surface area contributed by atoms with Crippen molar-refractivity contribution in [1.82, 2.24) is 16.0 Å². The molecule has 0 radical (unpaired) electrons. The largest absolute Gasteiger partial charge is 0.456 e. The Bertz CT molecular complexity index is 2940. The Labute approximate surface area is 292 Å². The molecule has 11 rings (SSSR count). The summed E-state index contributed by atoms with van der Waals surface area (Å²) in [5.41, 5.74) is 10.7. The van der Waals surface area contributed by atoms with E-state index in [1.807, 2.05) is 30.3 Å². The highest BCUT2D eigenvalue weighted by molar-refractivity contribution is 6.17. The van der Waals surface area contributed by atoms with Crippen molar-refractivity contribution in [3.8, 4) is 11.1 Å². The van der Waals surface area contributed by atoms with Gasteiger partial charge in [-0.1, -0.05) is 121 Å². The number of hydrogen-bond acceptors (Lipinski definition) is 6. The zero-order chi connectivity index (χ0) is 33.5. The van der Waals surface area contributed by atoms with Gasteiger partial charge in [0.15, 0.2) is 0 Å². The molecule has 3 aromatic heterocycles. The lowest BCUT2D eigenvalue weighted by molar-refractivity contribution is 0.203. The number of para-hydroxylation sites is 4. The number of nitrogens with one attached hydrogen (secondary N) is 3. The Kier molecular flexibility index (Phi) is 6.27. The van der Waals surface area contributed by atoms with E-state index in [9.17, 15) is 0 Å². The molecule has 4 heterocycles. The fourth-order valence-electron chi connectivity index (χ4n) is 8.06. The predicted molar refractivity (Wildman–Crippen MR) is 204 cm³/mol. The number of benzene rings is 7. The van der Waals surface area contributed by atoms with E-state index in [1.54, 1.807) is 0 Å². The number of furan rings is 3. The molecule has 0 saturated carbocycles. The van der Waals surface area contributed by atoms with Crippen LogP contribution in [0.5, 0.6) is 0 Å². The van der Waals surface area contributed by atoms with Gasteiger partial charge in [-0.15, -0.1) is 0 Å². The van der Waals surface area contributed by atoms with Gasteiger partial charge in [-0.3, -0.25) is 16.0 Å². The van der Waals surface area contributed by atoms with Crippen molar-refractivity contribution in [3.05, 3.63) is 168 Å². The number of hydrogen-bond donors (Lipinski definition) is 3. The summed E-state index contributed by atoms with van der Waals surface area (Å²) in [5, 5.41) is 18.1. The van der Waals surface area contributed by atoms with E-state index < -0.39 is 0 Å². The third kappa shape index (κ3) is 4.48. The highest BCUT2D eigenvalue weighted by Gasteiger charge is 2.32. The Morgan fingerprint density at radius 1 is 0.353 bits per heavy atom. The first kappa shape index (κ1) is 28.6. The van der Waals surface area contributed by atoms with Gasteiger partial charge in [0.1, 0.15) is 33.5 Å². The molecule has 0 amide bonds. The summed E-state index contributed by atoms with van der Waals surface area (Å²) >= 11 is 0. The molecule has 3 atom stereocenters. The maximum Gasteiger partial charge on any atom is 0.143 e. The summed E-state index contributed by atoms with van der Waals surface area (Å²) in [7, 11) is 0. The van der Waals surface area contributed by atoms with Crippen LogP contribution in [0.2, 0.25) is 0 Å². The summed E-state index contributed by atoms with van der Waals surface area (Å²) in [6.07, 6.45) is -0.518. The minimum absolute atomic E-state index is 0.124. The van der Waals surface area contributed by atoms with Gasteiger partial charge in [0, 0.05) is 43.4 Å². The van der Waals surface area contributed by atoms with Gasteiger partial charge in [-0.05, 0) is 47.0 Å². The number of rotatable bonds is 4. The van der Waals surface area contributed by atoms with Crippen molar-refractivity contribution >= 4 is 65.8 Å². The van der Waals surface area contributed by atoms with Crippen molar-refractivity contribution in [3.63, 3.8) is 0 Å². The molecule has 0 spiro atoms. The molecule has 244 valence electrons. The Morgan fingerprint density at radius 3 is 1.80 bits per heavy atom. The van der Waals surface area contributed by atoms with Crippen molar-refractivity contribution < 1.29 is 13.3 Å². The molecule has 1 aliphatic heterocycles. The van der Waals surface area contributed by atoms with E-state index in [-0.39, 0.29) is 18.5 Å². The molecule has 10 aromatic rings. The molecule has 7 aromatic carbocycles. The van der Waals surface area contributed by atoms with Crippen LogP contribution in [0.15, 0.2) is 165 Å². The summed E-state index contributed by atoms with van der Waals surface area (Å²) in [6.45, 7) is 0. The molecule has 3 unspecified atom stereocenters. The lowest BCUT2D eigenvalue weighted by Gasteiger charge is -2.39. The first-order valence-corrected chi connectivity index (χ1v) is 17.4. The smallest absolute Gasteiger partial charge is 0.143 e. The summed E-state index contributed by atoms with van der Waals surface area (Å²) in [5.74, 6) is 0. The van der Waals surface area contributed by atoms with Crippen molar-refractivity contribution in [2.45, 2.75) is 18.5 Å². The van der Waals surface area contributed by atoms with Gasteiger partial charge in [0.25, 0.3) is 0 Å². The summed E-state index contributed by atoms with van der Waals surface area (Å²) in [6, 6.07) is 52.6. The molecule has 6 nitrogen and oxygen atoms in total. The lowest BCUT2D eigenvalue weighted by atomic mass is 9.97. The first-order chi connectivity index (χ1) is 25.3. The van der Waals surface area contributed by atoms with Crippen molar-refractivity contribution in [2.24, 2.45) is 0 Å². The maximum absolute atomic E-state index is 6.99. The Balaban J connectivity index is 1.06. The lowest BCUT2D eigenvalue weighted by Crippen LogP contribution is -2.54. The average molecular weight is 662 g/mol. The summed E-state index contributed by atoms with van der Waals surface area (Å²) < 4.78 is 19.4. The van der Waals surface area contributed by atoms with E-state index in [0.717, 1.165) is 93.6 Å².